The van der Waals surface area contributed by atoms with Gasteiger partial charge in [-0.2, -0.15) is 5.10 Å². The van der Waals surface area contributed by atoms with Gasteiger partial charge in [-0.05, 0) is 36.3 Å². The predicted molar refractivity (Wildman–Crippen MR) is 90.7 cm³/mol. The summed E-state index contributed by atoms with van der Waals surface area (Å²) in [6.45, 7) is 0.810. The SMILES string of the molecule is S=c1[nH]nc(-c2ccc(Br)cc2)n1CCc1ccccc1. The molecule has 0 amide bonds. The fraction of sp³-hybridized carbons (Fsp3) is 0.125. The molecule has 0 saturated carbocycles. The highest BCUT2D eigenvalue weighted by atomic mass is 79.9. The van der Waals surface area contributed by atoms with Crippen LogP contribution >= 0.6 is 28.1 Å². The lowest BCUT2D eigenvalue weighted by Gasteiger charge is -2.07. The summed E-state index contributed by atoms with van der Waals surface area (Å²) in [5.41, 5.74) is 2.35. The van der Waals surface area contributed by atoms with Crippen LogP contribution in [0.25, 0.3) is 11.4 Å². The van der Waals surface area contributed by atoms with Gasteiger partial charge in [-0.3, -0.25) is 9.67 Å². The largest absolute Gasteiger partial charge is 0.300 e. The van der Waals surface area contributed by atoms with Crippen molar-refractivity contribution in [1.29, 1.82) is 0 Å². The van der Waals surface area contributed by atoms with E-state index in [2.05, 4.69) is 50.4 Å². The summed E-state index contributed by atoms with van der Waals surface area (Å²) in [6.07, 6.45) is 0.929. The van der Waals surface area contributed by atoms with Crippen LogP contribution in [0.1, 0.15) is 5.56 Å². The molecule has 0 aliphatic carbocycles. The second kappa shape index (κ2) is 6.37. The summed E-state index contributed by atoms with van der Waals surface area (Å²) in [6, 6.07) is 18.5. The van der Waals surface area contributed by atoms with E-state index in [0.29, 0.717) is 4.77 Å². The van der Waals surface area contributed by atoms with Crippen molar-refractivity contribution in [3.05, 3.63) is 69.4 Å². The van der Waals surface area contributed by atoms with Crippen LogP contribution in [-0.4, -0.2) is 14.8 Å². The molecule has 0 aliphatic rings. The summed E-state index contributed by atoms with van der Waals surface area (Å²) in [7, 11) is 0. The minimum Gasteiger partial charge on any atom is -0.300 e. The molecule has 0 aliphatic heterocycles. The summed E-state index contributed by atoms with van der Waals surface area (Å²) in [4.78, 5) is 0. The van der Waals surface area contributed by atoms with Crippen molar-refractivity contribution in [2.24, 2.45) is 0 Å². The molecule has 21 heavy (non-hydrogen) atoms. The molecule has 0 fully saturated rings. The first-order chi connectivity index (χ1) is 10.2. The molecule has 1 heterocycles. The molecule has 2 aromatic carbocycles. The zero-order chi connectivity index (χ0) is 14.7. The number of halogens is 1. The van der Waals surface area contributed by atoms with E-state index < -0.39 is 0 Å². The van der Waals surface area contributed by atoms with E-state index in [1.165, 1.54) is 5.56 Å². The van der Waals surface area contributed by atoms with Crippen molar-refractivity contribution in [1.82, 2.24) is 14.8 Å². The number of nitrogens with zero attached hydrogens (tertiary/aromatic N) is 2. The molecule has 0 spiro atoms. The fourth-order valence-electron chi connectivity index (χ4n) is 2.23. The van der Waals surface area contributed by atoms with Crippen molar-refractivity contribution in [3.63, 3.8) is 0 Å². The monoisotopic (exact) mass is 359 g/mol. The molecule has 0 bridgehead atoms. The molecular weight excluding hydrogens is 346 g/mol. The van der Waals surface area contributed by atoms with Crippen LogP contribution in [0.2, 0.25) is 0 Å². The normalized spacial score (nSPS) is 10.7. The van der Waals surface area contributed by atoms with E-state index in [-0.39, 0.29) is 0 Å². The van der Waals surface area contributed by atoms with Crippen molar-refractivity contribution >= 4 is 28.1 Å². The van der Waals surface area contributed by atoms with Crippen molar-refractivity contribution < 1.29 is 0 Å². The Labute approximate surface area is 136 Å². The first-order valence-corrected chi connectivity index (χ1v) is 7.89. The molecule has 1 N–H and O–H groups in total. The average molecular weight is 360 g/mol. The fourth-order valence-corrected chi connectivity index (χ4v) is 2.72. The third-order valence-electron chi connectivity index (χ3n) is 3.33. The van der Waals surface area contributed by atoms with Gasteiger partial charge in [0.25, 0.3) is 0 Å². The van der Waals surface area contributed by atoms with Gasteiger partial charge in [0.1, 0.15) is 0 Å². The quantitative estimate of drug-likeness (QED) is 0.689. The van der Waals surface area contributed by atoms with Crippen LogP contribution in [0.5, 0.6) is 0 Å². The number of hydrogen-bond donors (Lipinski definition) is 1. The Morgan fingerprint density at radius 1 is 1.05 bits per heavy atom. The topological polar surface area (TPSA) is 33.6 Å². The lowest BCUT2D eigenvalue weighted by Crippen LogP contribution is -2.03. The highest BCUT2D eigenvalue weighted by molar-refractivity contribution is 9.10. The van der Waals surface area contributed by atoms with Crippen LogP contribution in [0, 0.1) is 4.77 Å². The van der Waals surface area contributed by atoms with Crippen LogP contribution in [0.15, 0.2) is 59.1 Å². The molecule has 3 aromatic rings. The second-order valence-electron chi connectivity index (χ2n) is 4.75. The zero-order valence-corrected chi connectivity index (χ0v) is 13.7. The third kappa shape index (κ3) is 3.31. The summed E-state index contributed by atoms with van der Waals surface area (Å²) in [5, 5.41) is 7.25. The predicted octanol–water partition coefficient (Wildman–Crippen LogP) is 4.61. The standard InChI is InChI=1S/C16H14BrN3S/c17-14-8-6-13(7-9-14)15-18-19-16(21)20(15)11-10-12-4-2-1-3-5-12/h1-9H,10-11H2,(H,19,21). The minimum absolute atomic E-state index is 0.656. The van der Waals surface area contributed by atoms with E-state index in [1.807, 2.05) is 34.9 Å². The molecule has 1 aromatic heterocycles. The molecule has 3 nitrogen and oxygen atoms in total. The number of benzene rings is 2. The van der Waals surface area contributed by atoms with Gasteiger partial charge in [-0.25, -0.2) is 0 Å². The van der Waals surface area contributed by atoms with Crippen LogP contribution in [0.3, 0.4) is 0 Å². The Morgan fingerprint density at radius 3 is 2.48 bits per heavy atom. The molecule has 3 rings (SSSR count). The van der Waals surface area contributed by atoms with Gasteiger partial charge in [-0.15, -0.1) is 0 Å². The Balaban J connectivity index is 1.87. The molecule has 0 radical (unpaired) electrons. The van der Waals surface area contributed by atoms with Gasteiger partial charge in [0.05, 0.1) is 0 Å². The van der Waals surface area contributed by atoms with Gasteiger partial charge >= 0.3 is 0 Å². The van der Waals surface area contributed by atoms with Crippen LogP contribution < -0.4 is 0 Å². The Hall–Kier alpha value is -1.72. The van der Waals surface area contributed by atoms with E-state index in [1.54, 1.807) is 0 Å². The Kier molecular flexibility index (Phi) is 4.31. The maximum atomic E-state index is 5.35. The lowest BCUT2D eigenvalue weighted by molar-refractivity contribution is 0.692. The van der Waals surface area contributed by atoms with E-state index in [0.717, 1.165) is 28.8 Å². The highest BCUT2D eigenvalue weighted by Gasteiger charge is 2.08. The molecule has 0 atom stereocenters. The first-order valence-electron chi connectivity index (χ1n) is 6.69. The molecule has 106 valence electrons. The lowest BCUT2D eigenvalue weighted by atomic mass is 10.1. The number of nitrogens with one attached hydrogen (secondary N) is 1. The minimum atomic E-state index is 0.656. The molecule has 0 saturated heterocycles. The first kappa shape index (κ1) is 14.2. The van der Waals surface area contributed by atoms with Gasteiger partial charge in [-0.1, -0.05) is 58.4 Å². The van der Waals surface area contributed by atoms with Gasteiger partial charge in [0.2, 0.25) is 0 Å². The maximum absolute atomic E-state index is 5.35. The summed E-state index contributed by atoms with van der Waals surface area (Å²) < 4.78 is 3.76. The Bertz CT molecular complexity index is 775. The third-order valence-corrected chi connectivity index (χ3v) is 4.17. The van der Waals surface area contributed by atoms with Gasteiger partial charge < -0.3 is 0 Å². The number of rotatable bonds is 4. The summed E-state index contributed by atoms with van der Waals surface area (Å²) >= 11 is 8.80. The number of H-pyrrole nitrogens is 1. The van der Waals surface area contributed by atoms with E-state index >= 15 is 0 Å². The number of aryl methyl sites for hydroxylation is 1. The number of hydrogen-bond acceptors (Lipinski definition) is 2. The Morgan fingerprint density at radius 2 is 1.76 bits per heavy atom. The molecule has 5 heteroatoms. The van der Waals surface area contributed by atoms with Gasteiger partial charge in [0, 0.05) is 16.6 Å². The molecular formula is C16H14BrN3S. The van der Waals surface area contributed by atoms with Crippen LogP contribution in [-0.2, 0) is 13.0 Å². The van der Waals surface area contributed by atoms with Crippen LogP contribution in [0.4, 0.5) is 0 Å². The summed E-state index contributed by atoms with van der Waals surface area (Å²) in [5.74, 6) is 0.878. The number of aromatic amines is 1. The average Bonchev–Trinajstić information content (AvgIpc) is 2.88. The van der Waals surface area contributed by atoms with Crippen molar-refractivity contribution in [2.45, 2.75) is 13.0 Å². The smallest absolute Gasteiger partial charge is 0.195 e. The molecule has 0 unspecified atom stereocenters. The van der Waals surface area contributed by atoms with E-state index in [4.69, 9.17) is 12.2 Å². The zero-order valence-electron chi connectivity index (χ0n) is 11.3. The second-order valence-corrected chi connectivity index (χ2v) is 6.05. The highest BCUT2D eigenvalue weighted by Crippen LogP contribution is 2.20. The number of aromatic nitrogens is 3. The maximum Gasteiger partial charge on any atom is 0.195 e. The van der Waals surface area contributed by atoms with E-state index in [9.17, 15) is 0 Å². The van der Waals surface area contributed by atoms with Crippen molar-refractivity contribution in [2.75, 3.05) is 0 Å². The van der Waals surface area contributed by atoms with Crippen molar-refractivity contribution in [3.8, 4) is 11.4 Å². The van der Waals surface area contributed by atoms with Gasteiger partial charge in [0.15, 0.2) is 10.6 Å².